The molecule has 0 amide bonds. The number of anilines is 1. The molecule has 1 N–H and O–H groups in total. The highest BCUT2D eigenvalue weighted by Crippen LogP contribution is 2.23. The maximum absolute atomic E-state index is 4.38. The van der Waals surface area contributed by atoms with Crippen LogP contribution in [0.5, 0.6) is 0 Å². The molecule has 0 saturated heterocycles. The SMILES string of the molecule is Cc1ccnc(NC2Cc3ccccc3C2)n1. The number of hydrogen-bond acceptors (Lipinski definition) is 3. The third-order valence-corrected chi connectivity index (χ3v) is 3.18. The number of rotatable bonds is 2. The van der Waals surface area contributed by atoms with Crippen LogP contribution in [0.1, 0.15) is 16.8 Å². The van der Waals surface area contributed by atoms with E-state index in [9.17, 15) is 0 Å². The molecule has 86 valence electrons. The van der Waals surface area contributed by atoms with Crippen molar-refractivity contribution in [3.05, 3.63) is 53.3 Å². The number of nitrogens with one attached hydrogen (secondary N) is 1. The van der Waals surface area contributed by atoms with Crippen molar-refractivity contribution in [1.29, 1.82) is 0 Å². The van der Waals surface area contributed by atoms with Gasteiger partial charge in [0.15, 0.2) is 0 Å². The standard InChI is InChI=1S/C14H15N3/c1-10-6-7-15-14(16-10)17-13-8-11-4-2-3-5-12(11)9-13/h2-7,13H,8-9H2,1H3,(H,15,16,17). The first-order valence-electron chi connectivity index (χ1n) is 5.94. The Morgan fingerprint density at radius 3 is 2.47 bits per heavy atom. The lowest BCUT2D eigenvalue weighted by Crippen LogP contribution is -2.21. The number of nitrogens with zero attached hydrogens (tertiary/aromatic N) is 2. The highest BCUT2D eigenvalue weighted by atomic mass is 15.1. The van der Waals surface area contributed by atoms with Crippen LogP contribution in [0, 0.1) is 6.92 Å². The van der Waals surface area contributed by atoms with Gasteiger partial charge in [0, 0.05) is 17.9 Å². The van der Waals surface area contributed by atoms with Crippen molar-refractivity contribution >= 4 is 5.95 Å². The molecule has 3 heteroatoms. The predicted octanol–water partition coefficient (Wildman–Crippen LogP) is 2.36. The minimum Gasteiger partial charge on any atom is -0.351 e. The van der Waals surface area contributed by atoms with Crippen LogP contribution in [-0.4, -0.2) is 16.0 Å². The summed E-state index contributed by atoms with van der Waals surface area (Å²) in [6.07, 6.45) is 3.92. The van der Waals surface area contributed by atoms with Gasteiger partial charge in [-0.3, -0.25) is 0 Å². The molecule has 0 bridgehead atoms. The van der Waals surface area contributed by atoms with Gasteiger partial charge in [-0.15, -0.1) is 0 Å². The van der Waals surface area contributed by atoms with Gasteiger partial charge in [0.1, 0.15) is 0 Å². The quantitative estimate of drug-likeness (QED) is 0.852. The highest BCUT2D eigenvalue weighted by molar-refractivity contribution is 5.38. The summed E-state index contributed by atoms with van der Waals surface area (Å²) in [5.74, 6) is 0.739. The summed E-state index contributed by atoms with van der Waals surface area (Å²) in [4.78, 5) is 8.62. The molecule has 3 nitrogen and oxygen atoms in total. The molecule has 0 spiro atoms. The minimum absolute atomic E-state index is 0.425. The summed E-state index contributed by atoms with van der Waals surface area (Å²) in [5, 5.41) is 3.41. The monoisotopic (exact) mass is 225 g/mol. The van der Waals surface area contributed by atoms with Crippen LogP contribution in [0.15, 0.2) is 36.5 Å². The van der Waals surface area contributed by atoms with E-state index >= 15 is 0 Å². The largest absolute Gasteiger partial charge is 0.351 e. The third-order valence-electron chi connectivity index (χ3n) is 3.18. The normalized spacial score (nSPS) is 14.6. The number of hydrogen-bond donors (Lipinski definition) is 1. The Bertz CT molecular complexity index is 511. The molecule has 1 aromatic heterocycles. The molecule has 3 rings (SSSR count). The summed E-state index contributed by atoms with van der Waals surface area (Å²) in [6, 6.07) is 10.9. The second kappa shape index (κ2) is 4.17. The molecule has 0 unspecified atom stereocenters. The molecule has 1 heterocycles. The lowest BCUT2D eigenvalue weighted by Gasteiger charge is -2.11. The van der Waals surface area contributed by atoms with Crippen LogP contribution in [0.3, 0.4) is 0 Å². The van der Waals surface area contributed by atoms with Gasteiger partial charge in [-0.05, 0) is 37.0 Å². The lowest BCUT2D eigenvalue weighted by molar-refractivity contribution is 0.760. The van der Waals surface area contributed by atoms with E-state index in [0.29, 0.717) is 6.04 Å². The van der Waals surface area contributed by atoms with E-state index in [-0.39, 0.29) is 0 Å². The van der Waals surface area contributed by atoms with Gasteiger partial charge in [-0.2, -0.15) is 0 Å². The second-order valence-electron chi connectivity index (χ2n) is 4.54. The molecular formula is C14H15N3. The van der Waals surface area contributed by atoms with E-state index < -0.39 is 0 Å². The van der Waals surface area contributed by atoms with Crippen molar-refractivity contribution in [2.24, 2.45) is 0 Å². The Hall–Kier alpha value is -1.90. The average Bonchev–Trinajstić information content (AvgIpc) is 2.71. The fourth-order valence-electron chi connectivity index (χ4n) is 2.36. The van der Waals surface area contributed by atoms with Crippen molar-refractivity contribution in [1.82, 2.24) is 9.97 Å². The van der Waals surface area contributed by atoms with E-state index in [0.717, 1.165) is 24.5 Å². The van der Waals surface area contributed by atoms with Crippen LogP contribution in [0.4, 0.5) is 5.95 Å². The molecule has 0 radical (unpaired) electrons. The van der Waals surface area contributed by atoms with Gasteiger partial charge in [-0.1, -0.05) is 24.3 Å². The molecular weight excluding hydrogens is 210 g/mol. The summed E-state index contributed by atoms with van der Waals surface area (Å²) in [7, 11) is 0. The van der Waals surface area contributed by atoms with Crippen LogP contribution >= 0.6 is 0 Å². The fraction of sp³-hybridized carbons (Fsp3) is 0.286. The molecule has 1 aliphatic rings. The summed E-state index contributed by atoms with van der Waals surface area (Å²) in [6.45, 7) is 1.98. The van der Waals surface area contributed by atoms with Gasteiger partial charge in [0.05, 0.1) is 0 Å². The summed E-state index contributed by atoms with van der Waals surface area (Å²) < 4.78 is 0. The topological polar surface area (TPSA) is 37.8 Å². The van der Waals surface area contributed by atoms with Gasteiger partial charge >= 0.3 is 0 Å². The fourth-order valence-corrected chi connectivity index (χ4v) is 2.36. The van der Waals surface area contributed by atoms with Crippen molar-refractivity contribution in [3.8, 4) is 0 Å². The molecule has 17 heavy (non-hydrogen) atoms. The summed E-state index contributed by atoms with van der Waals surface area (Å²) >= 11 is 0. The molecule has 0 saturated carbocycles. The number of aryl methyl sites for hydroxylation is 1. The van der Waals surface area contributed by atoms with Crippen molar-refractivity contribution < 1.29 is 0 Å². The Labute approximate surface area is 101 Å². The van der Waals surface area contributed by atoms with E-state index in [4.69, 9.17) is 0 Å². The van der Waals surface area contributed by atoms with E-state index in [1.54, 1.807) is 6.20 Å². The number of fused-ring (bicyclic) bond motifs is 1. The molecule has 2 aromatic rings. The van der Waals surface area contributed by atoms with E-state index in [2.05, 4.69) is 39.6 Å². The van der Waals surface area contributed by atoms with Gasteiger partial charge in [-0.25, -0.2) is 9.97 Å². The highest BCUT2D eigenvalue weighted by Gasteiger charge is 2.21. The Morgan fingerprint density at radius 2 is 1.82 bits per heavy atom. The second-order valence-corrected chi connectivity index (χ2v) is 4.54. The first-order valence-corrected chi connectivity index (χ1v) is 5.94. The first kappa shape index (κ1) is 10.3. The zero-order chi connectivity index (χ0) is 11.7. The minimum atomic E-state index is 0.425. The van der Waals surface area contributed by atoms with Gasteiger partial charge in [0.2, 0.25) is 5.95 Å². The number of benzene rings is 1. The van der Waals surface area contributed by atoms with E-state index in [1.165, 1.54) is 11.1 Å². The zero-order valence-electron chi connectivity index (χ0n) is 9.85. The lowest BCUT2D eigenvalue weighted by atomic mass is 10.1. The molecule has 0 aliphatic heterocycles. The number of aromatic nitrogens is 2. The molecule has 1 aliphatic carbocycles. The van der Waals surface area contributed by atoms with Gasteiger partial charge < -0.3 is 5.32 Å². The smallest absolute Gasteiger partial charge is 0.223 e. The zero-order valence-corrected chi connectivity index (χ0v) is 9.85. The maximum atomic E-state index is 4.38. The van der Waals surface area contributed by atoms with E-state index in [1.807, 2.05) is 13.0 Å². The molecule has 0 atom stereocenters. The Kier molecular flexibility index (Phi) is 2.52. The van der Waals surface area contributed by atoms with Crippen molar-refractivity contribution in [2.45, 2.75) is 25.8 Å². The van der Waals surface area contributed by atoms with Crippen molar-refractivity contribution in [2.75, 3.05) is 5.32 Å². The maximum Gasteiger partial charge on any atom is 0.223 e. The first-order chi connectivity index (χ1) is 8.31. The Morgan fingerprint density at radius 1 is 1.12 bits per heavy atom. The predicted molar refractivity (Wildman–Crippen MR) is 68.0 cm³/mol. The van der Waals surface area contributed by atoms with Crippen LogP contribution in [-0.2, 0) is 12.8 Å². The molecule has 1 aromatic carbocycles. The summed E-state index contributed by atoms with van der Waals surface area (Å²) in [5.41, 5.74) is 3.88. The van der Waals surface area contributed by atoms with Crippen LogP contribution < -0.4 is 5.32 Å². The van der Waals surface area contributed by atoms with Crippen LogP contribution in [0.25, 0.3) is 0 Å². The Balaban J connectivity index is 1.74. The van der Waals surface area contributed by atoms with Gasteiger partial charge in [0.25, 0.3) is 0 Å². The van der Waals surface area contributed by atoms with Crippen molar-refractivity contribution in [3.63, 3.8) is 0 Å². The molecule has 0 fully saturated rings. The average molecular weight is 225 g/mol. The third kappa shape index (κ3) is 2.13. The van der Waals surface area contributed by atoms with Crippen LogP contribution in [0.2, 0.25) is 0 Å².